The van der Waals surface area contributed by atoms with Gasteiger partial charge in [0.1, 0.15) is 0 Å². The maximum Gasteiger partial charge on any atom is 0.407 e. The molecule has 2 heterocycles. The molecule has 0 unspecified atom stereocenters. The largest absolute Gasteiger partial charge is 0.465 e. The van der Waals surface area contributed by atoms with Crippen molar-refractivity contribution >= 4 is 11.8 Å². The second-order valence-corrected chi connectivity index (χ2v) is 9.43. The van der Waals surface area contributed by atoms with Gasteiger partial charge in [-0.1, -0.05) is 84.9 Å². The predicted octanol–water partition coefficient (Wildman–Crippen LogP) is 5.64. The lowest BCUT2D eigenvalue weighted by atomic mass is 9.72. The molecule has 1 aliphatic rings. The van der Waals surface area contributed by atoms with Crippen molar-refractivity contribution in [1.29, 1.82) is 0 Å². The smallest absolute Gasteiger partial charge is 0.407 e. The fraction of sp³-hybridized carbons (Fsp3) is 0.233. The van der Waals surface area contributed by atoms with Gasteiger partial charge in [-0.3, -0.25) is 9.67 Å². The molecular weight excluding hydrogens is 448 g/mol. The summed E-state index contributed by atoms with van der Waals surface area (Å²) in [5.41, 5.74) is 6.21. The van der Waals surface area contributed by atoms with Crippen LogP contribution in [0.1, 0.15) is 29.5 Å². The van der Waals surface area contributed by atoms with E-state index in [4.69, 9.17) is 4.99 Å². The van der Waals surface area contributed by atoms with Crippen LogP contribution in [0, 0.1) is 0 Å². The Morgan fingerprint density at radius 2 is 1.56 bits per heavy atom. The van der Waals surface area contributed by atoms with Crippen molar-refractivity contribution in [2.24, 2.45) is 12.0 Å². The Morgan fingerprint density at radius 3 is 2.11 bits per heavy atom. The molecule has 6 nitrogen and oxygen atoms in total. The van der Waals surface area contributed by atoms with Gasteiger partial charge >= 0.3 is 6.09 Å². The first-order chi connectivity index (χ1) is 17.5. The zero-order valence-corrected chi connectivity index (χ0v) is 20.4. The lowest BCUT2D eigenvalue weighted by Crippen LogP contribution is -2.46. The Balaban J connectivity index is 1.56. The van der Waals surface area contributed by atoms with Gasteiger partial charge in [0.2, 0.25) is 0 Å². The van der Waals surface area contributed by atoms with E-state index in [1.165, 1.54) is 10.5 Å². The Hall–Kier alpha value is -4.19. The van der Waals surface area contributed by atoms with Crippen molar-refractivity contribution in [3.8, 4) is 11.1 Å². The van der Waals surface area contributed by atoms with Gasteiger partial charge < -0.3 is 10.0 Å². The van der Waals surface area contributed by atoms with E-state index in [0.29, 0.717) is 19.6 Å². The van der Waals surface area contributed by atoms with Crippen LogP contribution in [0.5, 0.6) is 0 Å². The summed E-state index contributed by atoms with van der Waals surface area (Å²) in [6, 6.07) is 29.1. The number of aryl methyl sites for hydroxylation is 1. The standard InChI is InChI=1S/C30H30N4O2/c1-33-21-26(20-32-33)25-13-8-14-27(19-25)30(15-17-34(18-16-30)29(35)36)22-31-28(23-9-4-2-5-10-23)24-11-6-3-7-12-24/h2-14,19-21H,15-18,22H2,1H3,(H,35,36). The lowest BCUT2D eigenvalue weighted by molar-refractivity contribution is 0.117. The average Bonchev–Trinajstić information content (AvgIpc) is 3.37. The molecule has 6 heteroatoms. The van der Waals surface area contributed by atoms with E-state index >= 15 is 0 Å². The maximum absolute atomic E-state index is 11.7. The molecule has 0 radical (unpaired) electrons. The molecule has 4 aromatic rings. The third-order valence-corrected chi connectivity index (χ3v) is 7.14. The number of piperidine rings is 1. The second-order valence-electron chi connectivity index (χ2n) is 9.43. The first-order valence-corrected chi connectivity index (χ1v) is 12.3. The highest BCUT2D eigenvalue weighted by atomic mass is 16.4. The molecule has 1 saturated heterocycles. The second kappa shape index (κ2) is 10.2. The molecule has 0 aliphatic carbocycles. The number of hydrogen-bond acceptors (Lipinski definition) is 3. The van der Waals surface area contributed by atoms with Gasteiger partial charge in [0.15, 0.2) is 0 Å². The van der Waals surface area contributed by atoms with Crippen LogP contribution < -0.4 is 0 Å². The van der Waals surface area contributed by atoms with Gasteiger partial charge in [0.05, 0.1) is 11.9 Å². The van der Waals surface area contributed by atoms with Crippen molar-refractivity contribution in [2.45, 2.75) is 18.3 Å². The third-order valence-electron chi connectivity index (χ3n) is 7.14. The Bertz CT molecular complexity index is 1310. The van der Waals surface area contributed by atoms with Crippen LogP contribution in [0.2, 0.25) is 0 Å². The number of nitrogens with zero attached hydrogens (tertiary/aromatic N) is 4. The number of carboxylic acid groups (broad SMARTS) is 1. The Kier molecular flexibility index (Phi) is 6.67. The van der Waals surface area contributed by atoms with Crippen LogP contribution in [-0.2, 0) is 12.5 Å². The minimum atomic E-state index is -0.856. The monoisotopic (exact) mass is 478 g/mol. The molecule has 0 bridgehead atoms. The van der Waals surface area contributed by atoms with Gasteiger partial charge in [-0.2, -0.15) is 5.10 Å². The first-order valence-electron chi connectivity index (χ1n) is 12.3. The van der Waals surface area contributed by atoms with Crippen molar-refractivity contribution in [1.82, 2.24) is 14.7 Å². The molecule has 182 valence electrons. The van der Waals surface area contributed by atoms with Gasteiger partial charge in [-0.25, -0.2) is 4.79 Å². The number of hydrogen-bond donors (Lipinski definition) is 1. The molecule has 0 atom stereocenters. The molecule has 0 spiro atoms. The van der Waals surface area contributed by atoms with Crippen LogP contribution >= 0.6 is 0 Å². The molecule has 3 aromatic carbocycles. The number of likely N-dealkylation sites (tertiary alicyclic amines) is 1. The minimum absolute atomic E-state index is 0.265. The summed E-state index contributed by atoms with van der Waals surface area (Å²) >= 11 is 0. The molecule has 1 fully saturated rings. The minimum Gasteiger partial charge on any atom is -0.465 e. The Morgan fingerprint density at radius 1 is 0.917 bits per heavy atom. The maximum atomic E-state index is 11.7. The summed E-state index contributed by atoms with van der Waals surface area (Å²) in [5.74, 6) is 0. The van der Waals surface area contributed by atoms with E-state index < -0.39 is 6.09 Å². The van der Waals surface area contributed by atoms with E-state index in [-0.39, 0.29) is 5.41 Å². The SMILES string of the molecule is Cn1cc(-c2cccc(C3(CN=C(c4ccccc4)c4ccccc4)CCN(C(=O)O)CC3)c2)cn1. The van der Waals surface area contributed by atoms with Crippen LogP contribution in [0.3, 0.4) is 0 Å². The lowest BCUT2D eigenvalue weighted by Gasteiger charge is -2.41. The van der Waals surface area contributed by atoms with Gasteiger partial charge in [0, 0.05) is 55.0 Å². The summed E-state index contributed by atoms with van der Waals surface area (Å²) in [6.07, 6.45) is 4.47. The average molecular weight is 479 g/mol. The number of amides is 1. The summed E-state index contributed by atoms with van der Waals surface area (Å²) in [4.78, 5) is 18.4. The van der Waals surface area contributed by atoms with Crippen LogP contribution in [-0.4, -0.2) is 51.2 Å². The zero-order valence-electron chi connectivity index (χ0n) is 20.4. The van der Waals surface area contributed by atoms with Gasteiger partial charge in [-0.15, -0.1) is 0 Å². The highest BCUT2D eigenvalue weighted by molar-refractivity contribution is 6.12. The van der Waals surface area contributed by atoms with E-state index in [9.17, 15) is 9.90 Å². The molecule has 1 aromatic heterocycles. The van der Waals surface area contributed by atoms with Crippen molar-refractivity contribution in [3.05, 3.63) is 114 Å². The highest BCUT2D eigenvalue weighted by Gasteiger charge is 2.38. The van der Waals surface area contributed by atoms with E-state index in [2.05, 4.69) is 53.6 Å². The molecule has 36 heavy (non-hydrogen) atoms. The number of benzene rings is 3. The quantitative estimate of drug-likeness (QED) is 0.365. The van der Waals surface area contributed by atoms with Gasteiger partial charge in [-0.05, 0) is 24.0 Å². The van der Waals surface area contributed by atoms with Crippen molar-refractivity contribution < 1.29 is 9.90 Å². The number of carbonyl (C=O) groups is 1. The molecule has 1 aliphatic heterocycles. The molecular formula is C30H30N4O2. The summed E-state index contributed by atoms with van der Waals surface area (Å²) in [7, 11) is 1.92. The Labute approximate surface area is 211 Å². The first kappa shape index (κ1) is 23.5. The highest BCUT2D eigenvalue weighted by Crippen LogP contribution is 2.38. The predicted molar refractivity (Wildman–Crippen MR) is 143 cm³/mol. The van der Waals surface area contributed by atoms with Crippen molar-refractivity contribution in [2.75, 3.05) is 19.6 Å². The summed E-state index contributed by atoms with van der Waals surface area (Å²) < 4.78 is 1.80. The summed E-state index contributed by atoms with van der Waals surface area (Å²) in [5, 5.41) is 13.9. The summed E-state index contributed by atoms with van der Waals surface area (Å²) in [6.45, 7) is 1.57. The zero-order chi connectivity index (χ0) is 25.0. The van der Waals surface area contributed by atoms with Crippen LogP contribution in [0.4, 0.5) is 4.79 Å². The van der Waals surface area contributed by atoms with Crippen LogP contribution in [0.15, 0.2) is 102 Å². The van der Waals surface area contributed by atoms with Crippen LogP contribution in [0.25, 0.3) is 11.1 Å². The topological polar surface area (TPSA) is 70.7 Å². The van der Waals surface area contributed by atoms with Crippen molar-refractivity contribution in [3.63, 3.8) is 0 Å². The molecule has 5 rings (SSSR count). The molecule has 1 N–H and O–H groups in total. The number of aromatic nitrogens is 2. The van der Waals surface area contributed by atoms with E-state index in [1.807, 2.05) is 55.8 Å². The molecule has 1 amide bonds. The number of aliphatic imine (C=N–C) groups is 1. The van der Waals surface area contributed by atoms with E-state index in [1.54, 1.807) is 4.68 Å². The third kappa shape index (κ3) is 4.93. The normalized spacial score (nSPS) is 14.9. The fourth-order valence-electron chi connectivity index (χ4n) is 5.03. The van der Waals surface area contributed by atoms with Gasteiger partial charge in [0.25, 0.3) is 0 Å². The van der Waals surface area contributed by atoms with E-state index in [0.717, 1.165) is 40.8 Å². The molecule has 0 saturated carbocycles. The number of rotatable bonds is 6. The fourth-order valence-corrected chi connectivity index (χ4v) is 5.03.